The molecule has 0 aliphatic carbocycles. The van der Waals surface area contributed by atoms with Crippen LogP contribution in [-0.2, 0) is 6.42 Å². The minimum atomic E-state index is 0.185. The van der Waals surface area contributed by atoms with Gasteiger partial charge in [0.15, 0.2) is 0 Å². The van der Waals surface area contributed by atoms with Crippen molar-refractivity contribution >= 4 is 11.3 Å². The summed E-state index contributed by atoms with van der Waals surface area (Å²) in [6.45, 7) is 9.67. The summed E-state index contributed by atoms with van der Waals surface area (Å²) in [5.74, 6) is 2.09. The molecule has 2 nitrogen and oxygen atoms in total. The summed E-state index contributed by atoms with van der Waals surface area (Å²) in [5, 5.41) is 3.61. The maximum absolute atomic E-state index is 5.95. The van der Waals surface area contributed by atoms with Crippen molar-refractivity contribution in [1.29, 1.82) is 0 Å². The molecule has 0 bridgehead atoms. The van der Waals surface area contributed by atoms with Crippen molar-refractivity contribution in [2.75, 3.05) is 6.54 Å². The molecule has 0 spiro atoms. The summed E-state index contributed by atoms with van der Waals surface area (Å²) < 4.78 is 5.95. The van der Waals surface area contributed by atoms with Crippen LogP contribution in [0.4, 0.5) is 0 Å². The zero-order valence-electron chi connectivity index (χ0n) is 12.2. The van der Waals surface area contributed by atoms with Gasteiger partial charge in [-0.3, -0.25) is 0 Å². The van der Waals surface area contributed by atoms with Crippen molar-refractivity contribution in [3.63, 3.8) is 0 Å². The van der Waals surface area contributed by atoms with Crippen molar-refractivity contribution in [2.45, 2.75) is 46.6 Å². The van der Waals surface area contributed by atoms with E-state index in [1.165, 1.54) is 15.3 Å². The van der Waals surface area contributed by atoms with E-state index in [1.54, 1.807) is 0 Å². The topological polar surface area (TPSA) is 25.2 Å². The summed E-state index contributed by atoms with van der Waals surface area (Å²) in [6.07, 6.45) is 2.07. The Morgan fingerprint density at radius 2 is 2.05 bits per heavy atom. The molecule has 2 aromatic rings. The second kappa shape index (κ2) is 6.40. The molecule has 0 aromatic carbocycles. The van der Waals surface area contributed by atoms with Gasteiger partial charge < -0.3 is 9.73 Å². The number of hydrogen-bond donors (Lipinski definition) is 1. The number of thiophene rings is 1. The summed E-state index contributed by atoms with van der Waals surface area (Å²) in [7, 11) is 0. The number of hydrogen-bond acceptors (Lipinski definition) is 3. The van der Waals surface area contributed by atoms with Crippen molar-refractivity contribution < 1.29 is 4.42 Å². The average Bonchev–Trinajstić information content (AvgIpc) is 2.97. The Balaban J connectivity index is 2.32. The third-order valence-corrected chi connectivity index (χ3v) is 4.29. The summed E-state index contributed by atoms with van der Waals surface area (Å²) in [4.78, 5) is 2.73. The molecule has 0 amide bonds. The van der Waals surface area contributed by atoms with E-state index in [4.69, 9.17) is 4.42 Å². The van der Waals surface area contributed by atoms with Crippen LogP contribution in [0.3, 0.4) is 0 Å². The van der Waals surface area contributed by atoms with Gasteiger partial charge in [0, 0.05) is 16.2 Å². The fourth-order valence-corrected chi connectivity index (χ4v) is 3.29. The van der Waals surface area contributed by atoms with Gasteiger partial charge in [-0.2, -0.15) is 0 Å². The van der Waals surface area contributed by atoms with Gasteiger partial charge in [-0.1, -0.05) is 13.8 Å². The fraction of sp³-hybridized carbons (Fsp3) is 0.500. The normalized spacial score (nSPS) is 12.8. The van der Waals surface area contributed by atoms with Crippen LogP contribution in [0.2, 0.25) is 0 Å². The Kier molecular flexibility index (Phi) is 4.83. The Morgan fingerprint density at radius 1 is 1.26 bits per heavy atom. The van der Waals surface area contributed by atoms with Crippen LogP contribution in [0.5, 0.6) is 0 Å². The van der Waals surface area contributed by atoms with Gasteiger partial charge in [-0.15, -0.1) is 11.3 Å². The fourth-order valence-electron chi connectivity index (χ4n) is 2.33. The summed E-state index contributed by atoms with van der Waals surface area (Å²) >= 11 is 1.86. The highest BCUT2D eigenvalue weighted by molar-refractivity contribution is 7.12. The Bertz CT molecular complexity index is 527. The quantitative estimate of drug-likeness (QED) is 0.834. The van der Waals surface area contributed by atoms with Gasteiger partial charge in [-0.25, -0.2) is 0 Å². The lowest BCUT2D eigenvalue weighted by molar-refractivity contribution is 0.421. The predicted octanol–water partition coefficient (Wildman–Crippen LogP) is 4.61. The standard InChI is InChI=1S/C16H23NOS/c1-5-9-17-16(14-10-11(3)19-12(14)4)15-8-7-13(6-2)18-15/h7-8,10,16-17H,5-6,9H2,1-4H3. The molecule has 104 valence electrons. The van der Waals surface area contributed by atoms with E-state index in [0.29, 0.717) is 0 Å². The van der Waals surface area contributed by atoms with Crippen LogP contribution in [0.1, 0.15) is 53.1 Å². The van der Waals surface area contributed by atoms with Gasteiger partial charge in [0.2, 0.25) is 0 Å². The molecular weight excluding hydrogens is 254 g/mol. The maximum atomic E-state index is 5.95. The highest BCUT2D eigenvalue weighted by Gasteiger charge is 2.20. The zero-order valence-corrected chi connectivity index (χ0v) is 13.1. The molecule has 0 aliphatic heterocycles. The lowest BCUT2D eigenvalue weighted by Gasteiger charge is -2.16. The second-order valence-electron chi connectivity index (χ2n) is 4.91. The first-order valence-electron chi connectivity index (χ1n) is 7.04. The average molecular weight is 277 g/mol. The highest BCUT2D eigenvalue weighted by Crippen LogP contribution is 2.31. The van der Waals surface area contributed by atoms with Crippen LogP contribution in [0, 0.1) is 13.8 Å². The number of aryl methyl sites for hydroxylation is 3. The van der Waals surface area contributed by atoms with Crippen LogP contribution < -0.4 is 5.32 Å². The van der Waals surface area contributed by atoms with Crippen LogP contribution in [-0.4, -0.2) is 6.54 Å². The van der Waals surface area contributed by atoms with Crippen molar-refractivity contribution in [3.05, 3.63) is 45.0 Å². The number of nitrogens with one attached hydrogen (secondary N) is 1. The molecular formula is C16H23NOS. The minimum absolute atomic E-state index is 0.185. The molecule has 0 fully saturated rings. The van der Waals surface area contributed by atoms with Crippen molar-refractivity contribution in [2.24, 2.45) is 0 Å². The lowest BCUT2D eigenvalue weighted by Crippen LogP contribution is -2.22. The highest BCUT2D eigenvalue weighted by atomic mass is 32.1. The molecule has 0 radical (unpaired) electrons. The van der Waals surface area contributed by atoms with Crippen LogP contribution >= 0.6 is 11.3 Å². The minimum Gasteiger partial charge on any atom is -0.464 e. The largest absolute Gasteiger partial charge is 0.464 e. The van der Waals surface area contributed by atoms with Gasteiger partial charge >= 0.3 is 0 Å². The first-order chi connectivity index (χ1) is 9.15. The third kappa shape index (κ3) is 3.28. The third-order valence-electron chi connectivity index (χ3n) is 3.30. The number of furan rings is 1. The van der Waals surface area contributed by atoms with Gasteiger partial charge in [-0.05, 0) is 50.6 Å². The van der Waals surface area contributed by atoms with Gasteiger partial charge in [0.05, 0.1) is 6.04 Å². The number of rotatable bonds is 6. The molecule has 1 unspecified atom stereocenters. The lowest BCUT2D eigenvalue weighted by atomic mass is 10.1. The van der Waals surface area contributed by atoms with E-state index in [0.717, 1.165) is 30.9 Å². The van der Waals surface area contributed by atoms with E-state index < -0.39 is 0 Å². The molecule has 19 heavy (non-hydrogen) atoms. The molecule has 2 heterocycles. The summed E-state index contributed by atoms with van der Waals surface area (Å²) in [6, 6.07) is 6.66. The molecule has 3 heteroatoms. The Morgan fingerprint density at radius 3 is 2.58 bits per heavy atom. The van der Waals surface area contributed by atoms with Crippen molar-refractivity contribution in [1.82, 2.24) is 5.32 Å². The molecule has 0 saturated carbocycles. The van der Waals surface area contributed by atoms with E-state index in [2.05, 4.69) is 51.2 Å². The zero-order chi connectivity index (χ0) is 13.8. The molecule has 1 atom stereocenters. The van der Waals surface area contributed by atoms with E-state index in [1.807, 2.05) is 11.3 Å². The van der Waals surface area contributed by atoms with E-state index in [9.17, 15) is 0 Å². The van der Waals surface area contributed by atoms with E-state index >= 15 is 0 Å². The Hall–Kier alpha value is -1.06. The molecule has 0 aliphatic rings. The first-order valence-corrected chi connectivity index (χ1v) is 7.86. The van der Waals surface area contributed by atoms with E-state index in [-0.39, 0.29) is 6.04 Å². The smallest absolute Gasteiger partial charge is 0.125 e. The molecule has 2 aromatic heterocycles. The van der Waals surface area contributed by atoms with Gasteiger partial charge in [0.25, 0.3) is 0 Å². The molecule has 1 N–H and O–H groups in total. The molecule has 2 rings (SSSR count). The van der Waals surface area contributed by atoms with Crippen LogP contribution in [0.15, 0.2) is 22.6 Å². The Labute approximate surface area is 119 Å². The summed E-state index contributed by atoms with van der Waals surface area (Å²) in [5.41, 5.74) is 1.35. The predicted molar refractivity (Wildman–Crippen MR) is 82.0 cm³/mol. The van der Waals surface area contributed by atoms with Crippen molar-refractivity contribution in [3.8, 4) is 0 Å². The van der Waals surface area contributed by atoms with Gasteiger partial charge in [0.1, 0.15) is 11.5 Å². The molecule has 0 saturated heterocycles. The monoisotopic (exact) mass is 277 g/mol. The SMILES string of the molecule is CCCNC(c1ccc(CC)o1)c1cc(C)sc1C. The second-order valence-corrected chi connectivity index (χ2v) is 6.37. The maximum Gasteiger partial charge on any atom is 0.125 e. The van der Waals surface area contributed by atoms with Crippen LogP contribution in [0.25, 0.3) is 0 Å². The first kappa shape index (κ1) is 14.4.